The molecule has 1 N–H and O–H groups in total. The molecule has 0 atom stereocenters. The van der Waals surface area contributed by atoms with E-state index in [1.54, 1.807) is 0 Å². The van der Waals surface area contributed by atoms with Crippen molar-refractivity contribution in [2.24, 2.45) is 0 Å². The summed E-state index contributed by atoms with van der Waals surface area (Å²) in [5.74, 6) is -1.09. The maximum atomic E-state index is 13.5. The highest BCUT2D eigenvalue weighted by Gasteiger charge is 2.27. The van der Waals surface area contributed by atoms with Crippen molar-refractivity contribution >= 4 is 15.9 Å². The zero-order valence-corrected chi connectivity index (χ0v) is 16.4. The zero-order valence-electron chi connectivity index (χ0n) is 15.6. The normalized spacial score (nSPS) is 15.7. The van der Waals surface area contributed by atoms with Crippen molar-refractivity contribution in [3.05, 3.63) is 24.0 Å². The molecule has 1 aromatic rings. The first-order valence-corrected chi connectivity index (χ1v) is 10.2. The number of benzene rings is 1. The van der Waals surface area contributed by atoms with Crippen molar-refractivity contribution in [2.75, 3.05) is 60.1 Å². The third-order valence-electron chi connectivity index (χ3n) is 4.26. The summed E-state index contributed by atoms with van der Waals surface area (Å²) in [4.78, 5) is 14.0. The molecule has 1 fully saturated rings. The first-order chi connectivity index (χ1) is 12.8. The largest absolute Gasteiger partial charge is 0.495 e. The zero-order chi connectivity index (χ0) is 19.9. The minimum atomic E-state index is -4.06. The van der Waals surface area contributed by atoms with E-state index in [4.69, 9.17) is 9.47 Å². The highest BCUT2D eigenvalue weighted by Crippen LogP contribution is 2.26. The molecule has 0 saturated carbocycles. The molecule has 8 nitrogen and oxygen atoms in total. The van der Waals surface area contributed by atoms with E-state index in [1.165, 1.54) is 20.2 Å². The van der Waals surface area contributed by atoms with E-state index >= 15 is 0 Å². The van der Waals surface area contributed by atoms with Crippen LogP contribution in [0.1, 0.15) is 6.42 Å². The SMILES string of the molecule is COc1ccc(F)cc1S(=O)(=O)N(C)CC(=O)NCCCN1CCOCC1. The molecule has 0 radical (unpaired) electrons. The van der Waals surface area contributed by atoms with Crippen molar-refractivity contribution in [3.63, 3.8) is 0 Å². The minimum absolute atomic E-state index is 0.0224. The average molecular weight is 403 g/mol. The van der Waals surface area contributed by atoms with Crippen LogP contribution >= 0.6 is 0 Å². The summed E-state index contributed by atoms with van der Waals surface area (Å²) < 4.78 is 49.8. The van der Waals surface area contributed by atoms with Crippen molar-refractivity contribution in [1.29, 1.82) is 0 Å². The van der Waals surface area contributed by atoms with Gasteiger partial charge >= 0.3 is 0 Å². The highest BCUT2D eigenvalue weighted by molar-refractivity contribution is 7.89. The van der Waals surface area contributed by atoms with Gasteiger partial charge in [-0.15, -0.1) is 0 Å². The molecule has 1 aromatic carbocycles. The predicted molar refractivity (Wildman–Crippen MR) is 97.7 cm³/mol. The van der Waals surface area contributed by atoms with Crippen LogP contribution in [0.15, 0.2) is 23.1 Å². The number of amides is 1. The van der Waals surface area contributed by atoms with E-state index in [1.807, 2.05) is 0 Å². The number of carbonyl (C=O) groups excluding carboxylic acids is 1. The molecule has 1 aliphatic heterocycles. The maximum absolute atomic E-state index is 13.5. The van der Waals surface area contributed by atoms with Gasteiger partial charge in [0.15, 0.2) is 0 Å². The third kappa shape index (κ3) is 6.13. The Hall–Kier alpha value is -1.75. The number of carbonyl (C=O) groups is 1. The number of rotatable bonds is 9. The molecule has 0 aromatic heterocycles. The van der Waals surface area contributed by atoms with Gasteiger partial charge in [0.1, 0.15) is 16.5 Å². The first kappa shape index (κ1) is 21.5. The molecule has 0 bridgehead atoms. The number of hydrogen-bond acceptors (Lipinski definition) is 6. The standard InChI is InChI=1S/C17H26FN3O5S/c1-20(27(23,24)16-12-14(18)4-5-15(16)25-2)13-17(22)19-6-3-7-21-8-10-26-11-9-21/h4-5,12H,3,6-11,13H2,1-2H3,(H,19,22). The number of hydrogen-bond donors (Lipinski definition) is 1. The summed E-state index contributed by atoms with van der Waals surface area (Å²) in [7, 11) is -1.49. The summed E-state index contributed by atoms with van der Waals surface area (Å²) in [5, 5.41) is 2.71. The van der Waals surface area contributed by atoms with E-state index in [0.717, 1.165) is 55.7 Å². The monoisotopic (exact) mass is 403 g/mol. The summed E-state index contributed by atoms with van der Waals surface area (Å²) in [6.45, 7) is 4.14. The second-order valence-corrected chi connectivity index (χ2v) is 8.23. The number of sulfonamides is 1. The van der Waals surface area contributed by atoms with Gasteiger partial charge in [-0.3, -0.25) is 9.69 Å². The lowest BCUT2D eigenvalue weighted by atomic mass is 10.3. The van der Waals surface area contributed by atoms with Gasteiger partial charge in [0.2, 0.25) is 15.9 Å². The van der Waals surface area contributed by atoms with Crippen molar-refractivity contribution in [1.82, 2.24) is 14.5 Å². The topological polar surface area (TPSA) is 88.2 Å². The Morgan fingerprint density at radius 3 is 2.74 bits per heavy atom. The van der Waals surface area contributed by atoms with Gasteiger partial charge in [-0.1, -0.05) is 0 Å². The van der Waals surface area contributed by atoms with Crippen LogP contribution in [-0.4, -0.2) is 83.6 Å². The van der Waals surface area contributed by atoms with Gasteiger partial charge in [-0.25, -0.2) is 12.8 Å². The molecule has 0 aliphatic carbocycles. The van der Waals surface area contributed by atoms with Gasteiger partial charge in [-0.2, -0.15) is 4.31 Å². The molecule has 27 heavy (non-hydrogen) atoms. The number of halogens is 1. The average Bonchev–Trinajstić information content (AvgIpc) is 2.66. The molecule has 152 valence electrons. The van der Waals surface area contributed by atoms with E-state index in [-0.39, 0.29) is 17.2 Å². The fourth-order valence-electron chi connectivity index (χ4n) is 2.72. The van der Waals surface area contributed by atoms with Crippen molar-refractivity contribution < 1.29 is 27.1 Å². The molecule has 1 aliphatic rings. The summed E-state index contributed by atoms with van der Waals surface area (Å²) in [5.41, 5.74) is 0. The van der Waals surface area contributed by atoms with Crippen LogP contribution in [0.25, 0.3) is 0 Å². The molecular formula is C17H26FN3O5S. The maximum Gasteiger partial charge on any atom is 0.247 e. The molecule has 1 heterocycles. The summed E-state index contributed by atoms with van der Waals surface area (Å²) >= 11 is 0. The predicted octanol–water partition coefficient (Wildman–Crippen LogP) is 0.293. The van der Waals surface area contributed by atoms with E-state index < -0.39 is 21.7 Å². The van der Waals surface area contributed by atoms with Gasteiger partial charge in [0.05, 0.1) is 26.9 Å². The molecule has 10 heteroatoms. The number of ether oxygens (including phenoxy) is 2. The van der Waals surface area contributed by atoms with Gasteiger partial charge in [-0.05, 0) is 31.2 Å². The molecule has 0 spiro atoms. The van der Waals surface area contributed by atoms with Crippen LogP contribution in [0.2, 0.25) is 0 Å². The Labute approximate surface area is 159 Å². The van der Waals surface area contributed by atoms with E-state index in [9.17, 15) is 17.6 Å². The molecule has 1 amide bonds. The van der Waals surface area contributed by atoms with Crippen LogP contribution in [0, 0.1) is 5.82 Å². The molecular weight excluding hydrogens is 377 g/mol. The Morgan fingerprint density at radius 2 is 2.07 bits per heavy atom. The Bertz CT molecular complexity index is 738. The Morgan fingerprint density at radius 1 is 1.37 bits per heavy atom. The third-order valence-corrected chi connectivity index (χ3v) is 6.08. The number of methoxy groups -OCH3 is 1. The lowest BCUT2D eigenvalue weighted by molar-refractivity contribution is -0.121. The van der Waals surface area contributed by atoms with E-state index in [2.05, 4.69) is 10.2 Å². The number of likely N-dealkylation sites (N-methyl/N-ethyl adjacent to an activating group) is 1. The number of morpholine rings is 1. The lowest BCUT2D eigenvalue weighted by Crippen LogP contribution is -2.40. The number of nitrogens with one attached hydrogen (secondary N) is 1. The summed E-state index contributed by atoms with van der Waals surface area (Å²) in [6, 6.07) is 3.23. The van der Waals surface area contributed by atoms with Gasteiger partial charge in [0.25, 0.3) is 0 Å². The Kier molecular flexibility index (Phi) is 7.96. The van der Waals surface area contributed by atoms with Gasteiger partial charge < -0.3 is 14.8 Å². The van der Waals surface area contributed by atoms with E-state index in [0.29, 0.717) is 6.54 Å². The Balaban J connectivity index is 1.85. The number of nitrogens with zero attached hydrogens (tertiary/aromatic N) is 2. The second kappa shape index (κ2) is 9.98. The second-order valence-electron chi connectivity index (χ2n) is 6.21. The smallest absolute Gasteiger partial charge is 0.247 e. The fraction of sp³-hybridized carbons (Fsp3) is 0.588. The highest BCUT2D eigenvalue weighted by atomic mass is 32.2. The van der Waals surface area contributed by atoms with Crippen molar-refractivity contribution in [3.8, 4) is 5.75 Å². The molecule has 1 saturated heterocycles. The quantitative estimate of drug-likeness (QED) is 0.597. The van der Waals surface area contributed by atoms with Crippen LogP contribution < -0.4 is 10.1 Å². The van der Waals surface area contributed by atoms with Crippen LogP contribution in [-0.2, 0) is 19.6 Å². The molecule has 0 unspecified atom stereocenters. The van der Waals surface area contributed by atoms with Crippen molar-refractivity contribution in [2.45, 2.75) is 11.3 Å². The lowest BCUT2D eigenvalue weighted by Gasteiger charge is -2.26. The van der Waals surface area contributed by atoms with Crippen LogP contribution in [0.4, 0.5) is 4.39 Å². The summed E-state index contributed by atoms with van der Waals surface area (Å²) in [6.07, 6.45) is 0.764. The van der Waals surface area contributed by atoms with Crippen LogP contribution in [0.3, 0.4) is 0 Å². The van der Waals surface area contributed by atoms with Crippen LogP contribution in [0.5, 0.6) is 5.75 Å². The molecule has 2 rings (SSSR count). The minimum Gasteiger partial charge on any atom is -0.495 e. The first-order valence-electron chi connectivity index (χ1n) is 8.71. The van der Waals surface area contributed by atoms with Gasteiger partial charge in [0, 0.05) is 26.7 Å². The fourth-order valence-corrected chi connectivity index (χ4v) is 4.01.